The fraction of sp³-hybridized carbons (Fsp3) is 0.514. The molecule has 0 radical (unpaired) electrons. The third-order valence-corrected chi connectivity index (χ3v) is 6.76. The zero-order valence-corrected chi connectivity index (χ0v) is 26.2. The van der Waals surface area contributed by atoms with Crippen molar-refractivity contribution in [2.75, 3.05) is 6.54 Å². The summed E-state index contributed by atoms with van der Waals surface area (Å²) in [4.78, 5) is 42.9. The van der Waals surface area contributed by atoms with Crippen LogP contribution in [0.5, 0.6) is 0 Å². The van der Waals surface area contributed by atoms with E-state index >= 15 is 0 Å². The molecule has 0 heterocycles. The van der Waals surface area contributed by atoms with Crippen molar-refractivity contribution in [2.45, 2.75) is 104 Å². The fourth-order valence-electron chi connectivity index (χ4n) is 4.79. The Hall–Kier alpha value is -3.79. The number of benzene rings is 2. The molecular weight excluding hydrogens is 526 g/mol. The lowest BCUT2D eigenvalue weighted by Crippen LogP contribution is -2.53. The predicted molar refractivity (Wildman–Crippen MR) is 168 cm³/mol. The summed E-state index contributed by atoms with van der Waals surface area (Å²) in [5.74, 6) is 2.13. The van der Waals surface area contributed by atoms with E-state index in [1.165, 1.54) is 0 Å². The summed E-state index contributed by atoms with van der Waals surface area (Å²) in [6, 6.07) is 15.0. The van der Waals surface area contributed by atoms with Crippen LogP contribution in [0, 0.1) is 18.3 Å². The fourth-order valence-corrected chi connectivity index (χ4v) is 4.79. The van der Waals surface area contributed by atoms with Gasteiger partial charge in [0.1, 0.15) is 17.7 Å². The van der Waals surface area contributed by atoms with E-state index in [9.17, 15) is 14.4 Å². The van der Waals surface area contributed by atoms with Gasteiger partial charge in [-0.1, -0.05) is 101 Å². The van der Waals surface area contributed by atoms with Gasteiger partial charge in [0.2, 0.25) is 11.8 Å². The van der Waals surface area contributed by atoms with Gasteiger partial charge < -0.3 is 20.3 Å². The maximum Gasteiger partial charge on any atom is 0.408 e. The molecule has 0 fully saturated rings. The highest BCUT2D eigenvalue weighted by atomic mass is 16.6. The van der Waals surface area contributed by atoms with E-state index in [0.717, 1.165) is 31.2 Å². The number of rotatable bonds is 15. The second-order valence-corrected chi connectivity index (χ2v) is 12.1. The smallest absolute Gasteiger partial charge is 0.408 e. The highest BCUT2D eigenvalue weighted by Gasteiger charge is 2.37. The molecule has 0 aliphatic carbocycles. The first kappa shape index (κ1) is 34.4. The number of alkyl carbamates (subject to hydrolysis) is 1. The molecule has 0 saturated carbocycles. The van der Waals surface area contributed by atoms with E-state index in [1.54, 1.807) is 37.8 Å². The predicted octanol–water partition coefficient (Wildman–Crippen LogP) is 6.76. The molecule has 2 N–H and O–H groups in total. The zero-order valence-electron chi connectivity index (χ0n) is 26.2. The molecule has 2 rings (SSSR count). The van der Waals surface area contributed by atoms with E-state index in [-0.39, 0.29) is 17.7 Å². The first-order valence-corrected chi connectivity index (χ1v) is 15.1. The summed E-state index contributed by atoms with van der Waals surface area (Å²) in [5, 5.41) is 5.84. The topological polar surface area (TPSA) is 87.7 Å². The molecule has 2 unspecified atom stereocenters. The molecule has 2 atom stereocenters. The van der Waals surface area contributed by atoms with E-state index < -0.39 is 23.8 Å². The molecule has 0 saturated heterocycles. The van der Waals surface area contributed by atoms with Crippen LogP contribution < -0.4 is 10.6 Å². The van der Waals surface area contributed by atoms with Gasteiger partial charge >= 0.3 is 6.09 Å². The minimum Gasteiger partial charge on any atom is -0.444 e. The quantitative estimate of drug-likeness (QED) is 0.181. The molecule has 0 aliphatic rings. The summed E-state index contributed by atoms with van der Waals surface area (Å²) in [5.41, 5.74) is 1.34. The van der Waals surface area contributed by atoms with Crippen LogP contribution in [0.4, 0.5) is 4.79 Å². The van der Waals surface area contributed by atoms with Gasteiger partial charge in [-0.05, 0) is 56.7 Å². The van der Waals surface area contributed by atoms with Gasteiger partial charge in [0.15, 0.2) is 0 Å². The van der Waals surface area contributed by atoms with Crippen LogP contribution in [0.3, 0.4) is 0 Å². The maximum atomic E-state index is 14.4. The second kappa shape index (κ2) is 17.2. The van der Waals surface area contributed by atoms with Crippen LogP contribution in [0.25, 0.3) is 0 Å². The number of hydrogen-bond acceptors (Lipinski definition) is 4. The first-order valence-electron chi connectivity index (χ1n) is 15.1. The third kappa shape index (κ3) is 11.6. The number of nitrogens with one attached hydrogen (secondary N) is 2. The number of carbonyl (C=O) groups excluding carboxylic acids is 3. The minimum atomic E-state index is -0.977. The molecule has 7 nitrogen and oxygen atoms in total. The van der Waals surface area contributed by atoms with Gasteiger partial charge in [0.25, 0.3) is 0 Å². The second-order valence-electron chi connectivity index (χ2n) is 12.1. The number of terminal acetylenes is 1. The summed E-state index contributed by atoms with van der Waals surface area (Å²) in [7, 11) is 0. The van der Waals surface area contributed by atoms with Crippen molar-refractivity contribution in [1.82, 2.24) is 15.5 Å². The van der Waals surface area contributed by atoms with Crippen LogP contribution in [-0.4, -0.2) is 41.0 Å². The van der Waals surface area contributed by atoms with Crippen molar-refractivity contribution < 1.29 is 19.1 Å². The van der Waals surface area contributed by atoms with Crippen LogP contribution in [0.15, 0.2) is 54.6 Å². The molecule has 7 heteroatoms. The Morgan fingerprint density at radius 2 is 1.60 bits per heavy atom. The highest BCUT2D eigenvalue weighted by molar-refractivity contribution is 5.92. The van der Waals surface area contributed by atoms with E-state index in [4.69, 9.17) is 11.2 Å². The normalized spacial score (nSPS) is 12.6. The van der Waals surface area contributed by atoms with Crippen molar-refractivity contribution in [3.63, 3.8) is 0 Å². The highest BCUT2D eigenvalue weighted by Crippen LogP contribution is 2.27. The lowest BCUT2D eigenvalue weighted by molar-refractivity contribution is -0.143. The van der Waals surface area contributed by atoms with Gasteiger partial charge in [-0.15, -0.1) is 6.42 Å². The van der Waals surface area contributed by atoms with Crippen molar-refractivity contribution in [2.24, 2.45) is 5.92 Å². The molecule has 0 bridgehead atoms. The molecule has 2 aromatic carbocycles. The number of nitrogens with zero attached hydrogens (tertiary/aromatic N) is 1. The van der Waals surface area contributed by atoms with Crippen LogP contribution >= 0.6 is 0 Å². The molecule has 2 aromatic rings. The maximum absolute atomic E-state index is 14.4. The van der Waals surface area contributed by atoms with E-state index in [0.29, 0.717) is 37.1 Å². The van der Waals surface area contributed by atoms with E-state index in [2.05, 4.69) is 23.5 Å². The van der Waals surface area contributed by atoms with Gasteiger partial charge in [-0.3, -0.25) is 9.59 Å². The SMILES string of the molecule is C#Cc1ccccc1C(C(=O)NCc1ccccc1)N(CCCCCCC)C(=O)C(CC(C)C)NC(=O)OC(C)(C)C. The van der Waals surface area contributed by atoms with Crippen molar-refractivity contribution in [3.8, 4) is 12.3 Å². The van der Waals surface area contributed by atoms with Crippen molar-refractivity contribution >= 4 is 17.9 Å². The van der Waals surface area contributed by atoms with Crippen LogP contribution in [-0.2, 0) is 20.9 Å². The Morgan fingerprint density at radius 3 is 2.21 bits per heavy atom. The Balaban J connectivity index is 2.53. The van der Waals surface area contributed by atoms with Crippen molar-refractivity contribution in [1.29, 1.82) is 0 Å². The van der Waals surface area contributed by atoms with Gasteiger partial charge in [-0.25, -0.2) is 4.79 Å². The number of amides is 3. The Bertz CT molecular complexity index is 1180. The van der Waals surface area contributed by atoms with Gasteiger partial charge in [-0.2, -0.15) is 0 Å². The summed E-state index contributed by atoms with van der Waals surface area (Å²) in [6.07, 6.45) is 10.5. The zero-order chi connectivity index (χ0) is 31.1. The molecule has 3 amide bonds. The molecule has 228 valence electrons. The van der Waals surface area contributed by atoms with Crippen molar-refractivity contribution in [3.05, 3.63) is 71.3 Å². The van der Waals surface area contributed by atoms with Gasteiger partial charge in [0.05, 0.1) is 0 Å². The van der Waals surface area contributed by atoms with Crippen LogP contribution in [0.1, 0.15) is 103 Å². The summed E-state index contributed by atoms with van der Waals surface area (Å²) >= 11 is 0. The molecule has 42 heavy (non-hydrogen) atoms. The average molecular weight is 576 g/mol. The largest absolute Gasteiger partial charge is 0.444 e. The molecular formula is C35H49N3O4. The molecule has 0 spiro atoms. The first-order chi connectivity index (χ1) is 20.0. The number of hydrogen-bond donors (Lipinski definition) is 2. The van der Waals surface area contributed by atoms with Gasteiger partial charge in [0, 0.05) is 18.7 Å². The van der Waals surface area contributed by atoms with E-state index in [1.807, 2.05) is 56.3 Å². The number of ether oxygens (including phenoxy) is 1. The third-order valence-electron chi connectivity index (χ3n) is 6.76. The summed E-state index contributed by atoms with van der Waals surface area (Å²) < 4.78 is 5.50. The number of carbonyl (C=O) groups is 3. The molecule has 0 aromatic heterocycles. The lowest BCUT2D eigenvalue weighted by Gasteiger charge is -2.35. The number of unbranched alkanes of at least 4 members (excludes halogenated alkanes) is 4. The molecule has 0 aliphatic heterocycles. The average Bonchev–Trinajstić information content (AvgIpc) is 2.94. The summed E-state index contributed by atoms with van der Waals surface area (Å²) in [6.45, 7) is 12.1. The van der Waals surface area contributed by atoms with Crippen LogP contribution in [0.2, 0.25) is 0 Å². The monoisotopic (exact) mass is 575 g/mol. The Labute approximate surface area is 252 Å². The lowest BCUT2D eigenvalue weighted by atomic mass is 9.95. The standard InChI is InChI=1S/C35H49N3O4/c1-8-10-11-12-18-23-38(33(40)30(24-26(3)4)37-34(41)42-35(5,6)7)31(29-22-17-16-21-28(29)9-2)32(39)36-25-27-19-14-13-15-20-27/h2,13-17,19-22,26,30-31H,8,10-12,18,23-25H2,1,3-7H3,(H,36,39)(H,37,41). The minimum absolute atomic E-state index is 0.101. The Kier molecular flexibility index (Phi) is 14.1. The Morgan fingerprint density at radius 1 is 0.952 bits per heavy atom.